The zero-order chi connectivity index (χ0) is 18.5. The standard InChI is InChI=1S/C20H28N4O3/c25-18(21-14-15-6-4-12-24-11-2-1-7-16(15)24)9-3-10-19-22-20(23-27-19)17-8-5-13-26-17/h5,8,13,15-16H,1-4,6-7,9-12,14H2,(H,21,25)/t15-,16-/m1/s1. The third-order valence-electron chi connectivity index (χ3n) is 5.79. The normalized spacial score (nSPS) is 23.1. The van der Waals surface area contributed by atoms with E-state index in [4.69, 9.17) is 8.94 Å². The van der Waals surface area contributed by atoms with E-state index in [9.17, 15) is 4.79 Å². The van der Waals surface area contributed by atoms with Crippen molar-refractivity contribution in [2.75, 3.05) is 19.6 Å². The first-order valence-electron chi connectivity index (χ1n) is 10.2. The lowest BCUT2D eigenvalue weighted by Gasteiger charge is -2.44. The van der Waals surface area contributed by atoms with Crippen LogP contribution in [0, 0.1) is 5.92 Å². The zero-order valence-electron chi connectivity index (χ0n) is 15.7. The van der Waals surface area contributed by atoms with Crippen LogP contribution in [0.1, 0.15) is 50.8 Å². The fourth-order valence-corrected chi connectivity index (χ4v) is 4.41. The number of carbonyl (C=O) groups excluding carboxylic acids is 1. The number of aromatic nitrogens is 2. The Morgan fingerprint density at radius 1 is 1.26 bits per heavy atom. The minimum absolute atomic E-state index is 0.119. The maximum atomic E-state index is 12.2. The predicted octanol–water partition coefficient (Wildman–Crippen LogP) is 3.03. The predicted molar refractivity (Wildman–Crippen MR) is 99.9 cm³/mol. The van der Waals surface area contributed by atoms with Gasteiger partial charge in [-0.1, -0.05) is 11.6 Å². The number of furan rings is 1. The number of carbonyl (C=O) groups is 1. The summed E-state index contributed by atoms with van der Waals surface area (Å²) in [5.74, 6) is 2.31. The highest BCUT2D eigenvalue weighted by Gasteiger charge is 2.32. The molecular formula is C20H28N4O3. The molecule has 2 aliphatic rings. The van der Waals surface area contributed by atoms with Gasteiger partial charge in [0.25, 0.3) is 0 Å². The Balaban J connectivity index is 1.18. The lowest BCUT2D eigenvalue weighted by molar-refractivity contribution is -0.121. The molecular weight excluding hydrogens is 344 g/mol. The molecule has 2 saturated heterocycles. The maximum absolute atomic E-state index is 12.2. The second-order valence-electron chi connectivity index (χ2n) is 7.65. The number of fused-ring (bicyclic) bond motifs is 1. The molecule has 2 aromatic rings. The third-order valence-corrected chi connectivity index (χ3v) is 5.79. The highest BCUT2D eigenvalue weighted by atomic mass is 16.5. The summed E-state index contributed by atoms with van der Waals surface area (Å²) >= 11 is 0. The summed E-state index contributed by atoms with van der Waals surface area (Å²) in [5.41, 5.74) is 0. The largest absolute Gasteiger partial charge is 0.461 e. The van der Waals surface area contributed by atoms with Crippen LogP contribution in [0.2, 0.25) is 0 Å². The molecule has 0 aliphatic carbocycles. The van der Waals surface area contributed by atoms with Crippen LogP contribution in [0.3, 0.4) is 0 Å². The van der Waals surface area contributed by atoms with Gasteiger partial charge in [0.15, 0.2) is 5.76 Å². The maximum Gasteiger partial charge on any atom is 0.238 e. The number of piperidine rings is 2. The summed E-state index contributed by atoms with van der Waals surface area (Å²) < 4.78 is 10.5. The molecule has 4 rings (SSSR count). The smallest absolute Gasteiger partial charge is 0.238 e. The molecule has 0 radical (unpaired) electrons. The number of aryl methyl sites for hydroxylation is 1. The van der Waals surface area contributed by atoms with Crippen LogP contribution in [0.4, 0.5) is 0 Å². The first-order valence-corrected chi connectivity index (χ1v) is 10.2. The van der Waals surface area contributed by atoms with Crippen molar-refractivity contribution in [2.24, 2.45) is 5.92 Å². The molecule has 0 bridgehead atoms. The summed E-state index contributed by atoms with van der Waals surface area (Å²) in [7, 11) is 0. The SMILES string of the molecule is O=C(CCCc1nc(-c2ccco2)no1)NC[C@H]1CCCN2CCCC[C@H]12. The Hall–Kier alpha value is -2.15. The van der Waals surface area contributed by atoms with Crippen molar-refractivity contribution >= 4 is 5.91 Å². The van der Waals surface area contributed by atoms with Gasteiger partial charge in [-0.2, -0.15) is 4.98 Å². The van der Waals surface area contributed by atoms with Gasteiger partial charge in [-0.25, -0.2) is 0 Å². The van der Waals surface area contributed by atoms with Crippen LogP contribution in [0.15, 0.2) is 27.3 Å². The van der Waals surface area contributed by atoms with E-state index in [1.165, 1.54) is 45.2 Å². The van der Waals surface area contributed by atoms with Crippen molar-refractivity contribution in [2.45, 2.75) is 57.4 Å². The molecule has 0 spiro atoms. The first-order chi connectivity index (χ1) is 13.3. The fourth-order valence-electron chi connectivity index (χ4n) is 4.41. The first kappa shape index (κ1) is 18.2. The second kappa shape index (κ2) is 8.69. The Labute approximate surface area is 159 Å². The number of nitrogens with one attached hydrogen (secondary N) is 1. The molecule has 2 fully saturated rings. The van der Waals surface area contributed by atoms with E-state index >= 15 is 0 Å². The number of hydrogen-bond acceptors (Lipinski definition) is 6. The van der Waals surface area contributed by atoms with Gasteiger partial charge >= 0.3 is 0 Å². The third kappa shape index (κ3) is 4.58. The quantitative estimate of drug-likeness (QED) is 0.804. The van der Waals surface area contributed by atoms with E-state index in [2.05, 4.69) is 20.4 Å². The van der Waals surface area contributed by atoms with Gasteiger partial charge in [0, 0.05) is 25.4 Å². The number of hydrogen-bond donors (Lipinski definition) is 1. The summed E-state index contributed by atoms with van der Waals surface area (Å²) in [6.45, 7) is 3.28. The van der Waals surface area contributed by atoms with Crippen molar-refractivity contribution in [1.82, 2.24) is 20.4 Å². The van der Waals surface area contributed by atoms with E-state index in [1.807, 2.05) is 0 Å². The minimum Gasteiger partial charge on any atom is -0.461 e. The van der Waals surface area contributed by atoms with Crippen LogP contribution >= 0.6 is 0 Å². The monoisotopic (exact) mass is 372 g/mol. The van der Waals surface area contributed by atoms with Crippen molar-refractivity contribution < 1.29 is 13.7 Å². The van der Waals surface area contributed by atoms with E-state index in [1.54, 1.807) is 18.4 Å². The molecule has 0 unspecified atom stereocenters. The molecule has 2 aliphatic heterocycles. The summed E-state index contributed by atoms with van der Waals surface area (Å²) in [4.78, 5) is 19.2. The summed E-state index contributed by atoms with van der Waals surface area (Å²) in [5, 5.41) is 7.06. The lowest BCUT2D eigenvalue weighted by atomic mass is 9.83. The average molecular weight is 372 g/mol. The molecule has 1 N–H and O–H groups in total. The second-order valence-corrected chi connectivity index (χ2v) is 7.65. The molecule has 1 amide bonds. The highest BCUT2D eigenvalue weighted by Crippen LogP contribution is 2.30. The van der Waals surface area contributed by atoms with Crippen molar-refractivity contribution in [3.63, 3.8) is 0 Å². The van der Waals surface area contributed by atoms with Crippen molar-refractivity contribution in [3.05, 3.63) is 24.3 Å². The Morgan fingerprint density at radius 3 is 3.07 bits per heavy atom. The van der Waals surface area contributed by atoms with Gasteiger partial charge in [0.2, 0.25) is 17.6 Å². The van der Waals surface area contributed by atoms with Gasteiger partial charge < -0.3 is 19.2 Å². The topological polar surface area (TPSA) is 84.4 Å². The van der Waals surface area contributed by atoms with Crippen LogP contribution in [-0.2, 0) is 11.2 Å². The van der Waals surface area contributed by atoms with Gasteiger partial charge in [-0.15, -0.1) is 0 Å². The molecule has 27 heavy (non-hydrogen) atoms. The molecule has 2 atom stereocenters. The Bertz CT molecular complexity index is 725. The van der Waals surface area contributed by atoms with Gasteiger partial charge in [-0.05, 0) is 63.2 Å². The average Bonchev–Trinajstić information content (AvgIpc) is 3.38. The number of amides is 1. The van der Waals surface area contributed by atoms with E-state index < -0.39 is 0 Å². The number of rotatable bonds is 7. The van der Waals surface area contributed by atoms with Gasteiger partial charge in [0.1, 0.15) is 0 Å². The molecule has 146 valence electrons. The molecule has 7 heteroatoms. The van der Waals surface area contributed by atoms with Gasteiger partial charge in [0.05, 0.1) is 6.26 Å². The van der Waals surface area contributed by atoms with Crippen LogP contribution in [-0.4, -0.2) is 46.6 Å². The van der Waals surface area contributed by atoms with Crippen molar-refractivity contribution in [1.29, 1.82) is 0 Å². The Kier molecular flexibility index (Phi) is 5.87. The van der Waals surface area contributed by atoms with Crippen LogP contribution in [0.5, 0.6) is 0 Å². The lowest BCUT2D eigenvalue weighted by Crippen LogP contribution is -2.50. The van der Waals surface area contributed by atoms with Gasteiger partial charge in [-0.3, -0.25) is 4.79 Å². The molecule has 7 nitrogen and oxygen atoms in total. The molecule has 0 aromatic carbocycles. The summed E-state index contributed by atoms with van der Waals surface area (Å²) in [6, 6.07) is 4.25. The number of nitrogens with zero attached hydrogens (tertiary/aromatic N) is 3. The molecule has 4 heterocycles. The summed E-state index contributed by atoms with van der Waals surface area (Å²) in [6.07, 6.45) is 9.80. The van der Waals surface area contributed by atoms with E-state index in [0.29, 0.717) is 48.7 Å². The minimum atomic E-state index is 0.119. The molecule has 2 aromatic heterocycles. The van der Waals surface area contributed by atoms with Crippen molar-refractivity contribution in [3.8, 4) is 11.6 Å². The van der Waals surface area contributed by atoms with Crippen LogP contribution in [0.25, 0.3) is 11.6 Å². The highest BCUT2D eigenvalue weighted by molar-refractivity contribution is 5.75. The molecule has 0 saturated carbocycles. The zero-order valence-corrected chi connectivity index (χ0v) is 15.7. The Morgan fingerprint density at radius 2 is 2.19 bits per heavy atom. The van der Waals surface area contributed by atoms with Crippen LogP contribution < -0.4 is 5.32 Å². The van der Waals surface area contributed by atoms with E-state index in [0.717, 1.165) is 6.54 Å². The fraction of sp³-hybridized carbons (Fsp3) is 0.650. The van der Waals surface area contributed by atoms with E-state index in [-0.39, 0.29) is 5.91 Å².